The van der Waals surface area contributed by atoms with Crippen LogP contribution in [0.3, 0.4) is 0 Å². The van der Waals surface area contributed by atoms with Crippen LogP contribution in [0.4, 0.5) is 0 Å². The molecule has 0 aliphatic heterocycles. The summed E-state index contributed by atoms with van der Waals surface area (Å²) in [5, 5.41) is 0. The standard InChI is InChI=1S/C29H28N2O7/c1-5-35-29(33)28-19(3)38-26(31-28)16-22(32)27-18(2)37-25(30-27)14-12-20-11-13-23(34-4)24(15-20)36-17-21-9-7-6-8-10-21/h6-15H,5,16-17H2,1-4H3/b14-12+. The first-order chi connectivity index (χ1) is 18.4. The minimum absolute atomic E-state index is 0.0572. The number of aryl methyl sites for hydroxylation is 2. The van der Waals surface area contributed by atoms with E-state index in [0.29, 0.717) is 29.6 Å². The number of hydrogen-bond acceptors (Lipinski definition) is 9. The zero-order valence-corrected chi connectivity index (χ0v) is 21.6. The van der Waals surface area contributed by atoms with Gasteiger partial charge in [0.05, 0.1) is 20.1 Å². The predicted octanol–water partition coefficient (Wildman–Crippen LogP) is 5.64. The second-order valence-electron chi connectivity index (χ2n) is 8.31. The fourth-order valence-corrected chi connectivity index (χ4v) is 3.70. The minimum Gasteiger partial charge on any atom is -0.493 e. The summed E-state index contributed by atoms with van der Waals surface area (Å²) >= 11 is 0. The molecule has 0 atom stereocenters. The lowest BCUT2D eigenvalue weighted by atomic mass is 10.2. The average Bonchev–Trinajstić information content (AvgIpc) is 3.48. The van der Waals surface area contributed by atoms with Gasteiger partial charge in [0.15, 0.2) is 23.0 Å². The molecule has 0 saturated carbocycles. The molecule has 196 valence electrons. The van der Waals surface area contributed by atoms with Gasteiger partial charge in [-0.05, 0) is 50.1 Å². The highest BCUT2D eigenvalue weighted by Gasteiger charge is 2.23. The number of ether oxygens (including phenoxy) is 3. The normalized spacial score (nSPS) is 11.1. The van der Waals surface area contributed by atoms with Gasteiger partial charge in [-0.3, -0.25) is 4.79 Å². The SMILES string of the molecule is CCOC(=O)c1nc(CC(=O)c2nc(/C=C/c3ccc(OC)c(OCc4ccccc4)c3)oc2C)oc1C. The number of aromatic nitrogens is 2. The summed E-state index contributed by atoms with van der Waals surface area (Å²) in [7, 11) is 1.59. The van der Waals surface area contributed by atoms with E-state index in [-0.39, 0.29) is 42.0 Å². The molecule has 0 aliphatic carbocycles. The third-order valence-corrected chi connectivity index (χ3v) is 5.54. The molecule has 4 aromatic rings. The Morgan fingerprint density at radius 1 is 0.921 bits per heavy atom. The maximum atomic E-state index is 12.8. The highest BCUT2D eigenvalue weighted by Crippen LogP contribution is 2.30. The molecular weight excluding hydrogens is 488 g/mol. The van der Waals surface area contributed by atoms with Crippen molar-refractivity contribution in [1.82, 2.24) is 9.97 Å². The van der Waals surface area contributed by atoms with Crippen LogP contribution in [0.5, 0.6) is 11.5 Å². The van der Waals surface area contributed by atoms with Crippen LogP contribution in [0.2, 0.25) is 0 Å². The number of benzene rings is 2. The second kappa shape index (κ2) is 12.1. The first kappa shape index (κ1) is 26.4. The molecule has 0 spiro atoms. The molecule has 0 N–H and O–H groups in total. The summed E-state index contributed by atoms with van der Waals surface area (Å²) in [4.78, 5) is 33.2. The van der Waals surface area contributed by atoms with Crippen molar-refractivity contribution in [3.63, 3.8) is 0 Å². The first-order valence-electron chi connectivity index (χ1n) is 12.0. The van der Waals surface area contributed by atoms with Crippen LogP contribution in [0.15, 0.2) is 57.4 Å². The van der Waals surface area contributed by atoms with Gasteiger partial charge >= 0.3 is 5.97 Å². The summed E-state index contributed by atoms with van der Waals surface area (Å²) in [6.45, 7) is 5.57. The molecule has 9 heteroatoms. The van der Waals surface area contributed by atoms with Crippen molar-refractivity contribution >= 4 is 23.9 Å². The molecule has 0 amide bonds. The van der Waals surface area contributed by atoms with Crippen molar-refractivity contribution in [3.8, 4) is 11.5 Å². The van der Waals surface area contributed by atoms with Gasteiger partial charge in [0.1, 0.15) is 23.8 Å². The van der Waals surface area contributed by atoms with Gasteiger partial charge in [-0.15, -0.1) is 0 Å². The van der Waals surface area contributed by atoms with Crippen LogP contribution in [0, 0.1) is 13.8 Å². The highest BCUT2D eigenvalue weighted by atomic mass is 16.5. The van der Waals surface area contributed by atoms with Crippen LogP contribution in [0.1, 0.15) is 62.3 Å². The Balaban J connectivity index is 1.45. The molecule has 4 rings (SSSR count). The molecule has 0 saturated heterocycles. The Bertz CT molecular complexity index is 1450. The molecule has 38 heavy (non-hydrogen) atoms. The van der Waals surface area contributed by atoms with Gasteiger partial charge in [-0.2, -0.15) is 0 Å². The van der Waals surface area contributed by atoms with Gasteiger partial charge in [0.25, 0.3) is 0 Å². The van der Waals surface area contributed by atoms with Gasteiger partial charge in [-0.25, -0.2) is 14.8 Å². The summed E-state index contributed by atoms with van der Waals surface area (Å²) in [5.41, 5.74) is 2.10. The molecular formula is C29H28N2O7. The number of nitrogens with zero attached hydrogens (tertiary/aromatic N) is 2. The van der Waals surface area contributed by atoms with Crippen LogP contribution in [0.25, 0.3) is 12.2 Å². The van der Waals surface area contributed by atoms with E-state index in [1.165, 1.54) is 0 Å². The topological polar surface area (TPSA) is 114 Å². The highest BCUT2D eigenvalue weighted by molar-refractivity contribution is 5.96. The van der Waals surface area contributed by atoms with Crippen LogP contribution >= 0.6 is 0 Å². The lowest BCUT2D eigenvalue weighted by molar-refractivity contribution is 0.0518. The Labute approximate surface area is 220 Å². The van der Waals surface area contributed by atoms with Crippen molar-refractivity contribution in [2.24, 2.45) is 0 Å². The summed E-state index contributed by atoms with van der Waals surface area (Å²) < 4.78 is 27.5. The van der Waals surface area contributed by atoms with E-state index in [2.05, 4.69) is 9.97 Å². The Morgan fingerprint density at radius 2 is 1.68 bits per heavy atom. The van der Waals surface area contributed by atoms with Crippen molar-refractivity contribution in [2.45, 2.75) is 33.8 Å². The number of carbonyl (C=O) groups excluding carboxylic acids is 2. The Morgan fingerprint density at radius 3 is 2.42 bits per heavy atom. The average molecular weight is 517 g/mol. The molecule has 2 aromatic heterocycles. The van der Waals surface area contributed by atoms with Gasteiger partial charge in [-0.1, -0.05) is 36.4 Å². The number of hydrogen-bond donors (Lipinski definition) is 0. The van der Waals surface area contributed by atoms with Crippen molar-refractivity contribution in [2.75, 3.05) is 13.7 Å². The number of methoxy groups -OCH3 is 1. The zero-order valence-electron chi connectivity index (χ0n) is 21.6. The number of Topliss-reactive ketones (excluding diaryl/α,β-unsaturated/α-hetero) is 1. The summed E-state index contributed by atoms with van der Waals surface area (Å²) in [5.74, 6) is 1.31. The second-order valence-corrected chi connectivity index (χ2v) is 8.31. The summed E-state index contributed by atoms with van der Waals surface area (Å²) in [6, 6.07) is 15.4. The molecule has 2 heterocycles. The molecule has 0 bridgehead atoms. The number of esters is 1. The van der Waals surface area contributed by atoms with E-state index in [9.17, 15) is 9.59 Å². The molecule has 9 nitrogen and oxygen atoms in total. The molecule has 0 radical (unpaired) electrons. The number of rotatable bonds is 11. The number of carbonyl (C=O) groups is 2. The predicted molar refractivity (Wildman–Crippen MR) is 139 cm³/mol. The van der Waals surface area contributed by atoms with Gasteiger partial charge in [0.2, 0.25) is 11.8 Å². The number of oxazole rings is 2. The lowest BCUT2D eigenvalue weighted by Crippen LogP contribution is -2.08. The maximum Gasteiger partial charge on any atom is 0.360 e. The van der Waals surface area contributed by atoms with Gasteiger partial charge in [0, 0.05) is 6.08 Å². The summed E-state index contributed by atoms with van der Waals surface area (Å²) in [6.07, 6.45) is 3.30. The molecule has 0 fully saturated rings. The third kappa shape index (κ3) is 6.36. The van der Waals surface area contributed by atoms with Crippen LogP contribution in [-0.4, -0.2) is 35.4 Å². The van der Waals surface area contributed by atoms with E-state index in [4.69, 9.17) is 23.0 Å². The largest absolute Gasteiger partial charge is 0.493 e. The molecule has 0 unspecified atom stereocenters. The zero-order chi connectivity index (χ0) is 27.1. The molecule has 2 aromatic carbocycles. The van der Waals surface area contributed by atoms with E-state index < -0.39 is 5.97 Å². The minimum atomic E-state index is -0.593. The van der Waals surface area contributed by atoms with Gasteiger partial charge < -0.3 is 23.0 Å². The van der Waals surface area contributed by atoms with E-state index in [0.717, 1.165) is 11.1 Å². The first-order valence-corrected chi connectivity index (χ1v) is 12.0. The monoisotopic (exact) mass is 516 g/mol. The number of ketones is 1. The fraction of sp³-hybridized carbons (Fsp3) is 0.241. The van der Waals surface area contributed by atoms with E-state index in [1.54, 1.807) is 40.0 Å². The fourth-order valence-electron chi connectivity index (χ4n) is 3.70. The van der Waals surface area contributed by atoms with Crippen molar-refractivity contribution in [3.05, 3.63) is 94.3 Å². The lowest BCUT2D eigenvalue weighted by Gasteiger charge is -2.11. The maximum absolute atomic E-state index is 12.8. The smallest absolute Gasteiger partial charge is 0.360 e. The van der Waals surface area contributed by atoms with Crippen molar-refractivity contribution < 1.29 is 32.6 Å². The van der Waals surface area contributed by atoms with Crippen molar-refractivity contribution in [1.29, 1.82) is 0 Å². The van der Waals surface area contributed by atoms with Crippen LogP contribution in [-0.2, 0) is 17.8 Å². The Kier molecular flexibility index (Phi) is 8.37. The van der Waals surface area contributed by atoms with E-state index >= 15 is 0 Å². The molecule has 0 aliphatic rings. The quantitative estimate of drug-likeness (QED) is 0.184. The van der Waals surface area contributed by atoms with E-state index in [1.807, 2.05) is 48.5 Å². The Hall–Kier alpha value is -4.66. The third-order valence-electron chi connectivity index (χ3n) is 5.54. The van der Waals surface area contributed by atoms with Crippen LogP contribution < -0.4 is 9.47 Å².